The van der Waals surface area contributed by atoms with Crippen LogP contribution in [-0.4, -0.2) is 17.0 Å². The van der Waals surface area contributed by atoms with Crippen molar-refractivity contribution in [3.8, 4) is 0 Å². The second-order valence-electron chi connectivity index (χ2n) is 4.31. The molecule has 1 aromatic carbocycles. The van der Waals surface area contributed by atoms with Crippen LogP contribution < -0.4 is 5.32 Å². The van der Waals surface area contributed by atoms with Crippen LogP contribution in [0.3, 0.4) is 0 Å². The van der Waals surface area contributed by atoms with Gasteiger partial charge in [-0.15, -0.1) is 11.3 Å². The van der Waals surface area contributed by atoms with Crippen molar-refractivity contribution >= 4 is 35.0 Å². The van der Waals surface area contributed by atoms with E-state index in [4.69, 9.17) is 5.11 Å². The number of benzene rings is 1. The summed E-state index contributed by atoms with van der Waals surface area (Å²) in [6.07, 6.45) is 2.69. The minimum atomic E-state index is -1.09. The second kappa shape index (κ2) is 6.32. The van der Waals surface area contributed by atoms with Crippen molar-refractivity contribution in [1.82, 2.24) is 0 Å². The fourth-order valence-electron chi connectivity index (χ4n) is 1.70. The van der Waals surface area contributed by atoms with Crippen molar-refractivity contribution in [2.24, 2.45) is 0 Å². The second-order valence-corrected chi connectivity index (χ2v) is 5.19. The Morgan fingerprint density at radius 1 is 1.38 bits per heavy atom. The summed E-state index contributed by atoms with van der Waals surface area (Å²) in [5.74, 6) is -1.94. The number of aromatic carboxylic acids is 1. The first kappa shape index (κ1) is 14.9. The number of carboxylic acid groups (broad SMARTS) is 1. The topological polar surface area (TPSA) is 66.4 Å². The zero-order valence-corrected chi connectivity index (χ0v) is 11.9. The zero-order valence-electron chi connectivity index (χ0n) is 11.1. The van der Waals surface area contributed by atoms with Gasteiger partial charge in [-0.25, -0.2) is 9.18 Å². The summed E-state index contributed by atoms with van der Waals surface area (Å²) in [7, 11) is 0. The highest BCUT2D eigenvalue weighted by atomic mass is 32.1. The van der Waals surface area contributed by atoms with Gasteiger partial charge in [0.1, 0.15) is 10.7 Å². The molecule has 0 aliphatic heterocycles. The average Bonchev–Trinajstić information content (AvgIpc) is 2.78. The highest BCUT2D eigenvalue weighted by Gasteiger charge is 2.16. The first-order valence-electron chi connectivity index (χ1n) is 6.03. The Balaban J connectivity index is 2.12. The van der Waals surface area contributed by atoms with Gasteiger partial charge in [0, 0.05) is 6.08 Å². The van der Waals surface area contributed by atoms with Crippen LogP contribution in [0.1, 0.15) is 20.8 Å². The highest BCUT2D eigenvalue weighted by Crippen LogP contribution is 2.27. The molecule has 0 aliphatic carbocycles. The lowest BCUT2D eigenvalue weighted by Crippen LogP contribution is -2.11. The number of amides is 1. The molecule has 0 unspecified atom stereocenters. The molecule has 1 heterocycles. The molecular formula is C15H12FNO3S. The van der Waals surface area contributed by atoms with Crippen LogP contribution in [0.5, 0.6) is 0 Å². The smallest absolute Gasteiger partial charge is 0.348 e. The number of anilines is 1. The number of hydrogen-bond acceptors (Lipinski definition) is 3. The zero-order chi connectivity index (χ0) is 15.4. The van der Waals surface area contributed by atoms with Gasteiger partial charge in [-0.05, 0) is 41.6 Å². The van der Waals surface area contributed by atoms with Crippen molar-refractivity contribution in [1.29, 1.82) is 0 Å². The molecule has 2 N–H and O–H groups in total. The van der Waals surface area contributed by atoms with Crippen LogP contribution in [0.2, 0.25) is 0 Å². The molecule has 2 rings (SSSR count). The number of nitrogens with one attached hydrogen (secondary N) is 1. The van der Waals surface area contributed by atoms with E-state index in [1.807, 2.05) is 0 Å². The first-order chi connectivity index (χ1) is 9.97. The van der Waals surface area contributed by atoms with E-state index < -0.39 is 11.9 Å². The maximum atomic E-state index is 13.0. The Morgan fingerprint density at radius 2 is 2.14 bits per heavy atom. The lowest BCUT2D eigenvalue weighted by Gasteiger charge is -2.03. The number of carboxylic acids is 1. The van der Waals surface area contributed by atoms with Gasteiger partial charge in [0.2, 0.25) is 5.91 Å². The van der Waals surface area contributed by atoms with Gasteiger partial charge in [-0.2, -0.15) is 0 Å². The molecule has 6 heteroatoms. The normalized spacial score (nSPS) is 10.8. The summed E-state index contributed by atoms with van der Waals surface area (Å²) in [6.45, 7) is 1.72. The molecule has 0 bridgehead atoms. The van der Waals surface area contributed by atoms with Crippen LogP contribution >= 0.6 is 11.3 Å². The maximum Gasteiger partial charge on any atom is 0.348 e. The van der Waals surface area contributed by atoms with E-state index in [9.17, 15) is 14.0 Å². The van der Waals surface area contributed by atoms with Crippen molar-refractivity contribution < 1.29 is 19.1 Å². The number of carbonyl (C=O) groups excluding carboxylic acids is 1. The Morgan fingerprint density at radius 3 is 2.81 bits per heavy atom. The van der Waals surface area contributed by atoms with E-state index in [0.717, 1.165) is 11.3 Å². The van der Waals surface area contributed by atoms with Gasteiger partial charge in [-0.3, -0.25) is 4.79 Å². The standard InChI is InChI=1S/C15H12FNO3S/c1-9-8-21-14(15(19)20)13(9)17-12(18)6-5-10-3-2-4-11(16)7-10/h2-8H,1H3,(H,17,18)(H,19,20)/b6-5+. The SMILES string of the molecule is Cc1csc(C(=O)O)c1NC(=O)/C=C/c1cccc(F)c1. The summed E-state index contributed by atoms with van der Waals surface area (Å²) in [4.78, 5) is 22.9. The highest BCUT2D eigenvalue weighted by molar-refractivity contribution is 7.12. The maximum absolute atomic E-state index is 13.0. The monoisotopic (exact) mass is 305 g/mol. The Hall–Kier alpha value is -2.47. The summed E-state index contributed by atoms with van der Waals surface area (Å²) in [5.41, 5.74) is 1.52. The van der Waals surface area contributed by atoms with Crippen molar-refractivity contribution in [2.75, 3.05) is 5.32 Å². The number of thiophene rings is 1. The summed E-state index contributed by atoms with van der Waals surface area (Å²) < 4.78 is 13.0. The third-order valence-corrected chi connectivity index (χ3v) is 3.78. The Labute approximate surface area is 124 Å². The lowest BCUT2D eigenvalue weighted by atomic mass is 10.2. The largest absolute Gasteiger partial charge is 0.477 e. The summed E-state index contributed by atoms with van der Waals surface area (Å²) in [5, 5.41) is 13.2. The van der Waals surface area contributed by atoms with Gasteiger partial charge >= 0.3 is 5.97 Å². The number of aryl methyl sites for hydroxylation is 1. The van der Waals surface area contributed by atoms with Gasteiger partial charge in [0.25, 0.3) is 0 Å². The number of rotatable bonds is 4. The molecule has 0 atom stereocenters. The third-order valence-electron chi connectivity index (χ3n) is 2.69. The van der Waals surface area contributed by atoms with Crippen LogP contribution in [0.15, 0.2) is 35.7 Å². The van der Waals surface area contributed by atoms with Crippen LogP contribution in [-0.2, 0) is 4.79 Å². The van der Waals surface area contributed by atoms with Gasteiger partial charge in [0.05, 0.1) is 5.69 Å². The molecule has 2 aromatic rings. The minimum Gasteiger partial charge on any atom is -0.477 e. The molecule has 0 saturated carbocycles. The van der Waals surface area contributed by atoms with E-state index in [2.05, 4.69) is 5.32 Å². The van der Waals surface area contributed by atoms with E-state index >= 15 is 0 Å². The van der Waals surface area contributed by atoms with E-state index in [0.29, 0.717) is 16.8 Å². The predicted molar refractivity (Wildman–Crippen MR) is 80.1 cm³/mol. The van der Waals surface area contributed by atoms with Crippen LogP contribution in [0.25, 0.3) is 6.08 Å². The third kappa shape index (κ3) is 3.76. The van der Waals surface area contributed by atoms with E-state index in [1.165, 1.54) is 24.3 Å². The van der Waals surface area contributed by atoms with Crippen LogP contribution in [0, 0.1) is 12.7 Å². The fourth-order valence-corrected chi connectivity index (χ4v) is 2.55. The lowest BCUT2D eigenvalue weighted by molar-refractivity contribution is -0.111. The van der Waals surface area contributed by atoms with Crippen LogP contribution in [0.4, 0.5) is 10.1 Å². The first-order valence-corrected chi connectivity index (χ1v) is 6.91. The number of carbonyl (C=O) groups is 2. The minimum absolute atomic E-state index is 0.0833. The van der Waals surface area contributed by atoms with Gasteiger partial charge in [-0.1, -0.05) is 12.1 Å². The molecule has 0 saturated heterocycles. The number of halogens is 1. The molecule has 0 fully saturated rings. The Kier molecular flexibility index (Phi) is 4.49. The molecular weight excluding hydrogens is 293 g/mol. The average molecular weight is 305 g/mol. The molecule has 1 aromatic heterocycles. The predicted octanol–water partition coefficient (Wildman–Crippen LogP) is 3.55. The quantitative estimate of drug-likeness (QED) is 0.849. The molecule has 0 radical (unpaired) electrons. The van der Waals surface area contributed by atoms with E-state index in [1.54, 1.807) is 24.4 Å². The Bertz CT molecular complexity index is 721. The molecule has 1 amide bonds. The molecule has 0 spiro atoms. The van der Waals surface area contributed by atoms with Gasteiger partial charge < -0.3 is 10.4 Å². The van der Waals surface area contributed by atoms with Crippen molar-refractivity contribution in [2.45, 2.75) is 6.92 Å². The molecule has 108 valence electrons. The van der Waals surface area contributed by atoms with Gasteiger partial charge in [0.15, 0.2) is 0 Å². The summed E-state index contributed by atoms with van der Waals surface area (Å²) in [6, 6.07) is 5.80. The van der Waals surface area contributed by atoms with Crippen molar-refractivity contribution in [3.05, 3.63) is 57.5 Å². The fraction of sp³-hybridized carbons (Fsp3) is 0.0667. The molecule has 4 nitrogen and oxygen atoms in total. The van der Waals surface area contributed by atoms with E-state index in [-0.39, 0.29) is 10.7 Å². The van der Waals surface area contributed by atoms with Crippen molar-refractivity contribution in [3.63, 3.8) is 0 Å². The number of hydrogen-bond donors (Lipinski definition) is 2. The summed E-state index contributed by atoms with van der Waals surface area (Å²) >= 11 is 1.05. The molecule has 0 aliphatic rings. The molecule has 21 heavy (non-hydrogen) atoms.